The number of nitrogens with zero attached hydrogens (tertiary/aromatic N) is 2. The third-order valence-electron chi connectivity index (χ3n) is 3.62. The molecule has 1 saturated heterocycles. The maximum absolute atomic E-state index is 12.1. The second-order valence-corrected chi connectivity index (χ2v) is 5.52. The van der Waals surface area contributed by atoms with Gasteiger partial charge in [0.05, 0.1) is 0 Å². The number of anilines is 1. The third-order valence-corrected chi connectivity index (χ3v) is 3.81. The molecule has 1 amide bonds. The Labute approximate surface area is 118 Å². The van der Waals surface area contributed by atoms with Gasteiger partial charge in [-0.3, -0.25) is 4.79 Å². The standard InChI is InChI=1S/C13H19ClN4O/c1-8-5-10(3-4-18(8)2)16-13(19)9-6-11(14)17-12(15)7-9/h6-8,10H,3-5H2,1-2H3,(H2,15,17)(H,16,19). The van der Waals surface area contributed by atoms with E-state index in [2.05, 4.69) is 29.2 Å². The number of aromatic nitrogens is 1. The zero-order valence-electron chi connectivity index (χ0n) is 11.2. The fourth-order valence-electron chi connectivity index (χ4n) is 2.34. The van der Waals surface area contributed by atoms with Crippen LogP contribution in [0.15, 0.2) is 12.1 Å². The van der Waals surface area contributed by atoms with Crippen LogP contribution in [0.3, 0.4) is 0 Å². The van der Waals surface area contributed by atoms with Gasteiger partial charge in [-0.05, 0) is 38.9 Å². The maximum atomic E-state index is 12.1. The largest absolute Gasteiger partial charge is 0.384 e. The van der Waals surface area contributed by atoms with Crippen molar-refractivity contribution in [2.75, 3.05) is 19.3 Å². The molecule has 1 aliphatic rings. The minimum atomic E-state index is -0.141. The van der Waals surface area contributed by atoms with E-state index in [1.807, 2.05) is 0 Å². The highest BCUT2D eigenvalue weighted by atomic mass is 35.5. The molecule has 0 aromatic carbocycles. The molecule has 1 fully saturated rings. The molecule has 1 aromatic heterocycles. The lowest BCUT2D eigenvalue weighted by molar-refractivity contribution is 0.0896. The van der Waals surface area contributed by atoms with Crippen LogP contribution in [0.2, 0.25) is 5.15 Å². The van der Waals surface area contributed by atoms with E-state index in [4.69, 9.17) is 17.3 Å². The van der Waals surface area contributed by atoms with Crippen LogP contribution in [-0.2, 0) is 0 Å². The number of hydrogen-bond donors (Lipinski definition) is 2. The van der Waals surface area contributed by atoms with Gasteiger partial charge in [-0.2, -0.15) is 0 Å². The van der Waals surface area contributed by atoms with Crippen molar-refractivity contribution in [2.24, 2.45) is 0 Å². The number of likely N-dealkylation sites (tertiary alicyclic amines) is 1. The first-order valence-electron chi connectivity index (χ1n) is 6.40. The Kier molecular flexibility index (Phi) is 4.27. The van der Waals surface area contributed by atoms with E-state index < -0.39 is 0 Å². The first-order chi connectivity index (χ1) is 8.95. The quantitative estimate of drug-likeness (QED) is 0.807. The Morgan fingerprint density at radius 3 is 2.95 bits per heavy atom. The van der Waals surface area contributed by atoms with Crippen LogP contribution < -0.4 is 11.1 Å². The Bertz CT molecular complexity index is 459. The lowest BCUT2D eigenvalue weighted by atomic mass is 9.98. The summed E-state index contributed by atoms with van der Waals surface area (Å²) < 4.78 is 0. The number of nitrogens with two attached hydrogens (primary N) is 1. The van der Waals surface area contributed by atoms with Gasteiger partial charge >= 0.3 is 0 Å². The van der Waals surface area contributed by atoms with Gasteiger partial charge in [0, 0.05) is 24.2 Å². The van der Waals surface area contributed by atoms with Crippen molar-refractivity contribution in [3.8, 4) is 0 Å². The van der Waals surface area contributed by atoms with Gasteiger partial charge in [-0.15, -0.1) is 0 Å². The molecule has 6 heteroatoms. The van der Waals surface area contributed by atoms with Crippen LogP contribution in [-0.4, -0.2) is 41.5 Å². The molecule has 2 rings (SSSR count). The van der Waals surface area contributed by atoms with Gasteiger partial charge in [-0.25, -0.2) is 4.98 Å². The number of nitrogens with one attached hydrogen (secondary N) is 1. The van der Waals surface area contributed by atoms with Crippen LogP contribution in [0, 0.1) is 0 Å². The van der Waals surface area contributed by atoms with Crippen molar-refractivity contribution < 1.29 is 4.79 Å². The number of piperidine rings is 1. The SMILES string of the molecule is CC1CC(NC(=O)c2cc(N)nc(Cl)c2)CCN1C. The molecule has 5 nitrogen and oxygen atoms in total. The minimum absolute atomic E-state index is 0.141. The van der Waals surface area contributed by atoms with E-state index in [-0.39, 0.29) is 22.9 Å². The summed E-state index contributed by atoms with van der Waals surface area (Å²) >= 11 is 5.80. The number of carbonyl (C=O) groups is 1. The molecule has 3 N–H and O–H groups in total. The molecule has 0 saturated carbocycles. The monoisotopic (exact) mass is 282 g/mol. The first-order valence-corrected chi connectivity index (χ1v) is 6.77. The van der Waals surface area contributed by atoms with Gasteiger partial charge in [0.2, 0.25) is 0 Å². The lowest BCUT2D eigenvalue weighted by Gasteiger charge is -2.35. The average Bonchev–Trinajstić information content (AvgIpc) is 2.32. The molecule has 0 aliphatic carbocycles. The molecule has 0 bridgehead atoms. The number of halogens is 1. The van der Waals surface area contributed by atoms with E-state index in [9.17, 15) is 4.79 Å². The Morgan fingerprint density at radius 2 is 2.32 bits per heavy atom. The van der Waals surface area contributed by atoms with Crippen LogP contribution in [0.4, 0.5) is 5.82 Å². The van der Waals surface area contributed by atoms with Crippen molar-refractivity contribution in [3.05, 3.63) is 22.8 Å². The van der Waals surface area contributed by atoms with Gasteiger partial charge < -0.3 is 16.0 Å². The predicted octanol–water partition coefficient (Wildman–Crippen LogP) is 1.53. The van der Waals surface area contributed by atoms with Gasteiger partial charge in [0.25, 0.3) is 5.91 Å². The molecule has 104 valence electrons. The summed E-state index contributed by atoms with van der Waals surface area (Å²) in [4.78, 5) is 18.3. The fraction of sp³-hybridized carbons (Fsp3) is 0.538. The van der Waals surface area contributed by atoms with Crippen molar-refractivity contribution >= 4 is 23.3 Å². The molecule has 19 heavy (non-hydrogen) atoms. The van der Waals surface area contributed by atoms with E-state index in [1.165, 1.54) is 6.07 Å². The van der Waals surface area contributed by atoms with Crippen molar-refractivity contribution in [3.63, 3.8) is 0 Å². The van der Waals surface area contributed by atoms with Crippen molar-refractivity contribution in [2.45, 2.75) is 31.8 Å². The molecular weight excluding hydrogens is 264 g/mol. The van der Waals surface area contributed by atoms with Gasteiger partial charge in [-0.1, -0.05) is 11.6 Å². The smallest absolute Gasteiger partial charge is 0.251 e. The molecular formula is C13H19ClN4O. The first kappa shape index (κ1) is 14.1. The maximum Gasteiger partial charge on any atom is 0.251 e. The van der Waals surface area contributed by atoms with Crippen LogP contribution in [0.25, 0.3) is 0 Å². The molecule has 2 atom stereocenters. The normalized spacial score (nSPS) is 24.2. The minimum Gasteiger partial charge on any atom is -0.384 e. The summed E-state index contributed by atoms with van der Waals surface area (Å²) in [7, 11) is 2.10. The van der Waals surface area contributed by atoms with E-state index in [1.54, 1.807) is 6.07 Å². The Hall–Kier alpha value is -1.33. The highest BCUT2D eigenvalue weighted by Crippen LogP contribution is 2.17. The zero-order chi connectivity index (χ0) is 14.0. The number of amides is 1. The van der Waals surface area contributed by atoms with Crippen LogP contribution >= 0.6 is 11.6 Å². The average molecular weight is 283 g/mol. The molecule has 0 spiro atoms. The number of hydrogen-bond acceptors (Lipinski definition) is 4. The summed E-state index contributed by atoms with van der Waals surface area (Å²) in [6.45, 7) is 3.16. The number of rotatable bonds is 2. The zero-order valence-corrected chi connectivity index (χ0v) is 11.9. The third kappa shape index (κ3) is 3.58. The number of carbonyl (C=O) groups excluding carboxylic acids is 1. The van der Waals surface area contributed by atoms with Crippen molar-refractivity contribution in [1.82, 2.24) is 15.2 Å². The fourth-order valence-corrected chi connectivity index (χ4v) is 2.55. The Balaban J connectivity index is 2.01. The Morgan fingerprint density at radius 1 is 1.58 bits per heavy atom. The summed E-state index contributed by atoms with van der Waals surface area (Å²) in [6.07, 6.45) is 1.91. The number of pyridine rings is 1. The predicted molar refractivity (Wildman–Crippen MR) is 76.2 cm³/mol. The molecule has 2 unspecified atom stereocenters. The molecule has 1 aromatic rings. The van der Waals surface area contributed by atoms with Gasteiger partial charge in [0.15, 0.2) is 0 Å². The van der Waals surface area contributed by atoms with Crippen LogP contribution in [0.1, 0.15) is 30.1 Å². The second kappa shape index (κ2) is 5.75. The van der Waals surface area contributed by atoms with E-state index in [0.717, 1.165) is 19.4 Å². The summed E-state index contributed by atoms with van der Waals surface area (Å²) in [6, 6.07) is 3.75. The van der Waals surface area contributed by atoms with Crippen molar-refractivity contribution in [1.29, 1.82) is 0 Å². The highest BCUT2D eigenvalue weighted by Gasteiger charge is 2.24. The highest BCUT2D eigenvalue weighted by molar-refractivity contribution is 6.29. The molecule has 1 aliphatic heterocycles. The van der Waals surface area contributed by atoms with Crippen LogP contribution in [0.5, 0.6) is 0 Å². The summed E-state index contributed by atoms with van der Waals surface area (Å²) in [5.74, 6) is 0.118. The van der Waals surface area contributed by atoms with E-state index >= 15 is 0 Å². The molecule has 2 heterocycles. The van der Waals surface area contributed by atoms with E-state index in [0.29, 0.717) is 11.6 Å². The molecule has 0 radical (unpaired) electrons. The summed E-state index contributed by atoms with van der Waals surface area (Å²) in [5.41, 5.74) is 6.05. The topological polar surface area (TPSA) is 71.2 Å². The lowest BCUT2D eigenvalue weighted by Crippen LogP contribution is -2.47. The summed E-state index contributed by atoms with van der Waals surface area (Å²) in [5, 5.41) is 3.27. The number of nitrogen functional groups attached to an aromatic ring is 1. The second-order valence-electron chi connectivity index (χ2n) is 5.13. The van der Waals surface area contributed by atoms with Gasteiger partial charge in [0.1, 0.15) is 11.0 Å².